The van der Waals surface area contributed by atoms with Gasteiger partial charge in [-0.25, -0.2) is 0 Å². The maximum absolute atomic E-state index is 13.1. The SMILES string of the molecule is O=C(CO[C@H]1CC[C@H](Nc2ccc(Cl)c(C(F)(F)F)c2)CC1)N1CCN(c2ccc(Cl)cc2)CC1. The average Bonchev–Trinajstić information content (AvgIpc) is 2.84. The number of carbonyl (C=O) groups is 1. The summed E-state index contributed by atoms with van der Waals surface area (Å²) in [5.41, 5.74) is 0.657. The summed E-state index contributed by atoms with van der Waals surface area (Å²) >= 11 is 11.7. The van der Waals surface area contributed by atoms with Gasteiger partial charge in [-0.1, -0.05) is 23.2 Å². The first-order chi connectivity index (χ1) is 16.7. The van der Waals surface area contributed by atoms with Gasteiger partial charge in [0.15, 0.2) is 0 Å². The fourth-order valence-corrected chi connectivity index (χ4v) is 4.94. The molecule has 2 aromatic carbocycles. The molecule has 190 valence electrons. The topological polar surface area (TPSA) is 44.8 Å². The van der Waals surface area contributed by atoms with E-state index in [1.54, 1.807) is 6.07 Å². The van der Waals surface area contributed by atoms with Gasteiger partial charge in [-0.2, -0.15) is 13.2 Å². The van der Waals surface area contributed by atoms with Crippen molar-refractivity contribution in [2.75, 3.05) is 43.0 Å². The zero-order valence-electron chi connectivity index (χ0n) is 19.2. The zero-order valence-corrected chi connectivity index (χ0v) is 20.7. The molecule has 0 unspecified atom stereocenters. The van der Waals surface area contributed by atoms with Crippen LogP contribution < -0.4 is 10.2 Å². The molecule has 0 spiro atoms. The second-order valence-corrected chi connectivity index (χ2v) is 9.81. The second-order valence-electron chi connectivity index (χ2n) is 8.97. The molecule has 10 heteroatoms. The fourth-order valence-electron chi connectivity index (χ4n) is 4.59. The highest BCUT2D eigenvalue weighted by Crippen LogP contribution is 2.36. The van der Waals surface area contributed by atoms with Gasteiger partial charge in [0.1, 0.15) is 6.61 Å². The van der Waals surface area contributed by atoms with Crippen LogP contribution in [-0.2, 0) is 15.7 Å². The van der Waals surface area contributed by atoms with Crippen LogP contribution in [0.1, 0.15) is 31.2 Å². The Morgan fingerprint density at radius 2 is 1.63 bits per heavy atom. The van der Waals surface area contributed by atoms with Gasteiger partial charge in [0.2, 0.25) is 5.91 Å². The van der Waals surface area contributed by atoms with Crippen LogP contribution in [0.4, 0.5) is 24.5 Å². The van der Waals surface area contributed by atoms with Crippen molar-refractivity contribution < 1.29 is 22.7 Å². The Kier molecular flexibility index (Phi) is 8.34. The van der Waals surface area contributed by atoms with Crippen LogP contribution >= 0.6 is 23.2 Å². The minimum Gasteiger partial charge on any atom is -0.382 e. The lowest BCUT2D eigenvalue weighted by Crippen LogP contribution is -2.50. The van der Waals surface area contributed by atoms with Crippen molar-refractivity contribution in [2.45, 2.75) is 44.0 Å². The molecule has 1 saturated heterocycles. The number of ether oxygens (including phenoxy) is 1. The van der Waals surface area contributed by atoms with Crippen LogP contribution in [0.3, 0.4) is 0 Å². The number of anilines is 2. The smallest absolute Gasteiger partial charge is 0.382 e. The highest BCUT2D eigenvalue weighted by molar-refractivity contribution is 6.31. The quantitative estimate of drug-likeness (QED) is 0.491. The molecule has 1 heterocycles. The summed E-state index contributed by atoms with van der Waals surface area (Å²) < 4.78 is 45.1. The first-order valence-electron chi connectivity index (χ1n) is 11.7. The third kappa shape index (κ3) is 6.96. The van der Waals surface area contributed by atoms with E-state index >= 15 is 0 Å². The molecule has 2 aliphatic rings. The molecular weight excluding hydrogens is 502 g/mol. The summed E-state index contributed by atoms with van der Waals surface area (Å²) in [6, 6.07) is 11.6. The molecule has 1 aliphatic carbocycles. The van der Waals surface area contributed by atoms with Gasteiger partial charge < -0.3 is 19.9 Å². The Balaban J connectivity index is 1.17. The largest absolute Gasteiger partial charge is 0.417 e. The van der Waals surface area contributed by atoms with Gasteiger partial charge in [-0.3, -0.25) is 4.79 Å². The molecule has 4 rings (SSSR count). The highest BCUT2D eigenvalue weighted by Gasteiger charge is 2.33. The summed E-state index contributed by atoms with van der Waals surface area (Å²) in [6.45, 7) is 2.84. The van der Waals surface area contributed by atoms with Crippen LogP contribution in [0, 0.1) is 0 Å². The van der Waals surface area contributed by atoms with Crippen molar-refractivity contribution in [3.63, 3.8) is 0 Å². The number of nitrogens with one attached hydrogen (secondary N) is 1. The van der Waals surface area contributed by atoms with E-state index in [4.69, 9.17) is 27.9 Å². The van der Waals surface area contributed by atoms with Crippen LogP contribution in [0.2, 0.25) is 10.0 Å². The van der Waals surface area contributed by atoms with Gasteiger partial charge in [-0.15, -0.1) is 0 Å². The van der Waals surface area contributed by atoms with Gasteiger partial charge in [0, 0.05) is 48.6 Å². The minimum absolute atomic E-state index is 0.0122. The molecule has 2 aromatic rings. The molecule has 35 heavy (non-hydrogen) atoms. The van der Waals surface area contributed by atoms with E-state index in [1.807, 2.05) is 29.2 Å². The number of hydrogen-bond acceptors (Lipinski definition) is 4. The van der Waals surface area contributed by atoms with E-state index < -0.39 is 11.7 Å². The molecule has 1 amide bonds. The van der Waals surface area contributed by atoms with Crippen LogP contribution in [-0.4, -0.2) is 55.7 Å². The Hall–Kier alpha value is -2.16. The number of piperazine rings is 1. The monoisotopic (exact) mass is 529 g/mol. The maximum Gasteiger partial charge on any atom is 0.417 e. The molecule has 1 aliphatic heterocycles. The van der Waals surface area contributed by atoms with Crippen molar-refractivity contribution in [3.8, 4) is 0 Å². The summed E-state index contributed by atoms with van der Waals surface area (Å²) in [4.78, 5) is 16.7. The number of hydrogen-bond donors (Lipinski definition) is 1. The van der Waals surface area contributed by atoms with E-state index in [0.29, 0.717) is 23.8 Å². The summed E-state index contributed by atoms with van der Waals surface area (Å²) in [6.07, 6.45) is -1.52. The Labute approximate surface area is 213 Å². The average molecular weight is 530 g/mol. The minimum atomic E-state index is -4.49. The Bertz CT molecular complexity index is 1000. The summed E-state index contributed by atoms with van der Waals surface area (Å²) in [7, 11) is 0. The van der Waals surface area contributed by atoms with E-state index in [9.17, 15) is 18.0 Å². The highest BCUT2D eigenvalue weighted by atomic mass is 35.5. The number of rotatable bonds is 6. The van der Waals surface area contributed by atoms with Crippen molar-refractivity contribution in [3.05, 3.63) is 58.1 Å². The Morgan fingerprint density at radius 1 is 0.971 bits per heavy atom. The third-order valence-electron chi connectivity index (χ3n) is 6.58. The van der Waals surface area contributed by atoms with E-state index in [0.717, 1.165) is 50.5 Å². The summed E-state index contributed by atoms with van der Waals surface area (Å²) in [5.74, 6) is -0.0122. The zero-order chi connectivity index (χ0) is 25.0. The predicted octanol–water partition coefficient (Wildman–Crippen LogP) is 6.10. The molecule has 0 atom stereocenters. The molecular formula is C25H28Cl2F3N3O2. The standard InChI is InChI=1S/C25H28Cl2F3N3O2/c26-17-1-6-20(7-2-17)32-11-13-33(14-12-32)24(34)16-35-21-8-3-18(4-9-21)31-19-5-10-23(27)22(15-19)25(28,29)30/h1-2,5-7,10,15,18,21,31H,3-4,8-9,11-14,16H2/t18-,21-. The fraction of sp³-hybridized carbons (Fsp3) is 0.480. The Morgan fingerprint density at radius 3 is 2.26 bits per heavy atom. The molecule has 0 aromatic heterocycles. The third-order valence-corrected chi connectivity index (χ3v) is 7.16. The van der Waals surface area contributed by atoms with Crippen molar-refractivity contribution >= 4 is 40.5 Å². The number of alkyl halides is 3. The first kappa shape index (κ1) is 25.9. The molecule has 1 saturated carbocycles. The van der Waals surface area contributed by atoms with Crippen LogP contribution in [0.25, 0.3) is 0 Å². The van der Waals surface area contributed by atoms with Gasteiger partial charge >= 0.3 is 6.18 Å². The molecule has 0 radical (unpaired) electrons. The number of carbonyl (C=O) groups excluding carboxylic acids is 1. The second kappa shape index (κ2) is 11.3. The molecule has 1 N–H and O–H groups in total. The number of nitrogens with zero attached hydrogens (tertiary/aromatic N) is 2. The molecule has 2 fully saturated rings. The van der Waals surface area contributed by atoms with E-state index in [1.165, 1.54) is 6.07 Å². The van der Waals surface area contributed by atoms with Crippen molar-refractivity contribution in [2.24, 2.45) is 0 Å². The molecule has 0 bridgehead atoms. The molecule has 5 nitrogen and oxygen atoms in total. The number of amides is 1. The lowest BCUT2D eigenvalue weighted by atomic mass is 9.92. The van der Waals surface area contributed by atoms with Gasteiger partial charge in [0.05, 0.1) is 16.7 Å². The van der Waals surface area contributed by atoms with E-state index in [-0.39, 0.29) is 29.7 Å². The lowest BCUT2D eigenvalue weighted by Gasteiger charge is -2.36. The van der Waals surface area contributed by atoms with Crippen molar-refractivity contribution in [1.82, 2.24) is 4.90 Å². The number of halogens is 5. The lowest BCUT2D eigenvalue weighted by molar-refractivity contribution is -0.139. The van der Waals surface area contributed by atoms with Gasteiger partial charge in [0.25, 0.3) is 0 Å². The van der Waals surface area contributed by atoms with Gasteiger partial charge in [-0.05, 0) is 68.1 Å². The van der Waals surface area contributed by atoms with Crippen molar-refractivity contribution in [1.29, 1.82) is 0 Å². The summed E-state index contributed by atoms with van der Waals surface area (Å²) in [5, 5.41) is 3.57. The predicted molar refractivity (Wildman–Crippen MR) is 132 cm³/mol. The maximum atomic E-state index is 13.1. The normalized spacial score (nSPS) is 21.2. The van der Waals surface area contributed by atoms with Crippen LogP contribution in [0.15, 0.2) is 42.5 Å². The number of benzene rings is 2. The first-order valence-corrected chi connectivity index (χ1v) is 12.5. The van der Waals surface area contributed by atoms with E-state index in [2.05, 4.69) is 10.2 Å². The van der Waals surface area contributed by atoms with Crippen LogP contribution in [0.5, 0.6) is 0 Å².